The van der Waals surface area contributed by atoms with E-state index in [9.17, 15) is 9.18 Å². The summed E-state index contributed by atoms with van der Waals surface area (Å²) in [6.07, 6.45) is 1.19. The first kappa shape index (κ1) is 14.8. The van der Waals surface area contributed by atoms with E-state index in [1.807, 2.05) is 18.2 Å². The fourth-order valence-electron chi connectivity index (χ4n) is 2.28. The molecule has 5 heteroatoms. The normalized spacial score (nSPS) is 18.9. The van der Waals surface area contributed by atoms with Crippen LogP contribution in [0.4, 0.5) is 9.18 Å². The number of morpholine rings is 1. The minimum Gasteiger partial charge on any atom is -0.374 e. The number of alkyl halides is 1. The van der Waals surface area contributed by atoms with Crippen LogP contribution in [0.5, 0.6) is 0 Å². The van der Waals surface area contributed by atoms with Gasteiger partial charge in [-0.3, -0.25) is 4.39 Å². The van der Waals surface area contributed by atoms with Crippen molar-refractivity contribution < 1.29 is 13.9 Å². The summed E-state index contributed by atoms with van der Waals surface area (Å²) < 4.78 is 17.7. The van der Waals surface area contributed by atoms with Crippen molar-refractivity contribution >= 4 is 6.03 Å². The van der Waals surface area contributed by atoms with Crippen molar-refractivity contribution in [3.8, 4) is 0 Å². The number of nitrogens with one attached hydrogen (secondary N) is 1. The van der Waals surface area contributed by atoms with E-state index >= 15 is 0 Å². The van der Waals surface area contributed by atoms with Gasteiger partial charge in [-0.25, -0.2) is 4.79 Å². The smallest absolute Gasteiger partial charge is 0.317 e. The van der Waals surface area contributed by atoms with Crippen molar-refractivity contribution in [2.45, 2.75) is 18.9 Å². The summed E-state index contributed by atoms with van der Waals surface area (Å²) in [5.74, 6) is 0. The summed E-state index contributed by atoms with van der Waals surface area (Å²) in [6.45, 7) is 1.70. The minimum atomic E-state index is -0.403. The SMILES string of the molecule is O=C(NCCCF)N1CCOC(Cc2ccccc2)C1. The number of amides is 2. The second kappa shape index (κ2) is 7.85. The number of carbonyl (C=O) groups excluding carboxylic acids is 1. The van der Waals surface area contributed by atoms with E-state index in [0.29, 0.717) is 32.7 Å². The highest BCUT2D eigenvalue weighted by atomic mass is 19.1. The predicted molar refractivity (Wildman–Crippen MR) is 75.4 cm³/mol. The molecule has 4 nitrogen and oxygen atoms in total. The Bertz CT molecular complexity index is 414. The van der Waals surface area contributed by atoms with Crippen molar-refractivity contribution in [2.75, 3.05) is 32.9 Å². The van der Waals surface area contributed by atoms with E-state index in [2.05, 4.69) is 17.4 Å². The maximum Gasteiger partial charge on any atom is 0.317 e. The highest BCUT2D eigenvalue weighted by molar-refractivity contribution is 5.74. The Morgan fingerprint density at radius 1 is 1.40 bits per heavy atom. The Hall–Kier alpha value is -1.62. The maximum absolute atomic E-state index is 12.0. The molecule has 20 heavy (non-hydrogen) atoms. The van der Waals surface area contributed by atoms with Crippen LogP contribution in [0.1, 0.15) is 12.0 Å². The van der Waals surface area contributed by atoms with Crippen LogP contribution < -0.4 is 5.32 Å². The van der Waals surface area contributed by atoms with Gasteiger partial charge >= 0.3 is 6.03 Å². The van der Waals surface area contributed by atoms with Gasteiger partial charge in [0.2, 0.25) is 0 Å². The second-order valence-electron chi connectivity index (χ2n) is 4.90. The molecule has 1 N–H and O–H groups in total. The molecule has 0 spiro atoms. The van der Waals surface area contributed by atoms with Crippen LogP contribution >= 0.6 is 0 Å². The zero-order valence-corrected chi connectivity index (χ0v) is 11.6. The van der Waals surface area contributed by atoms with Crippen molar-refractivity contribution in [1.82, 2.24) is 10.2 Å². The molecule has 1 saturated heterocycles. The molecule has 1 aromatic carbocycles. The first-order chi connectivity index (χ1) is 9.79. The Morgan fingerprint density at radius 2 is 2.20 bits per heavy atom. The Kier molecular flexibility index (Phi) is 5.80. The summed E-state index contributed by atoms with van der Waals surface area (Å²) in [5, 5.41) is 2.73. The van der Waals surface area contributed by atoms with Gasteiger partial charge in [0.1, 0.15) is 0 Å². The van der Waals surface area contributed by atoms with Crippen molar-refractivity contribution in [3.63, 3.8) is 0 Å². The Balaban J connectivity index is 1.80. The standard InChI is InChI=1S/C15H21FN2O2/c16-7-4-8-17-15(19)18-9-10-20-14(12-18)11-13-5-2-1-3-6-13/h1-3,5-6,14H,4,7-12H2,(H,17,19). The number of rotatable bonds is 5. The molecule has 1 atom stereocenters. The number of hydrogen-bond donors (Lipinski definition) is 1. The first-order valence-electron chi connectivity index (χ1n) is 7.04. The molecular weight excluding hydrogens is 259 g/mol. The number of hydrogen-bond acceptors (Lipinski definition) is 2. The molecule has 0 aliphatic carbocycles. The van der Waals surface area contributed by atoms with Gasteiger partial charge in [0.15, 0.2) is 0 Å². The van der Waals surface area contributed by atoms with Gasteiger partial charge in [0, 0.05) is 26.1 Å². The van der Waals surface area contributed by atoms with Crippen molar-refractivity contribution in [2.24, 2.45) is 0 Å². The number of urea groups is 1. The molecule has 0 saturated carbocycles. The predicted octanol–water partition coefficient (Wildman–Crippen LogP) is 2.00. The van der Waals surface area contributed by atoms with E-state index < -0.39 is 6.67 Å². The molecule has 2 rings (SSSR count). The van der Waals surface area contributed by atoms with Gasteiger partial charge in [0.25, 0.3) is 0 Å². The van der Waals surface area contributed by atoms with Gasteiger partial charge in [-0.05, 0) is 12.0 Å². The number of benzene rings is 1. The number of halogens is 1. The molecule has 110 valence electrons. The molecule has 1 aliphatic rings. The fourth-order valence-corrected chi connectivity index (χ4v) is 2.28. The van der Waals surface area contributed by atoms with Gasteiger partial charge in [-0.1, -0.05) is 30.3 Å². The Morgan fingerprint density at radius 3 is 2.95 bits per heavy atom. The maximum atomic E-state index is 12.0. The molecule has 2 amide bonds. The lowest BCUT2D eigenvalue weighted by molar-refractivity contribution is -0.0132. The van der Waals surface area contributed by atoms with Gasteiger partial charge in [0.05, 0.1) is 19.4 Å². The summed E-state index contributed by atoms with van der Waals surface area (Å²) in [6, 6.07) is 9.97. The molecule has 1 heterocycles. The highest BCUT2D eigenvalue weighted by Gasteiger charge is 2.24. The lowest BCUT2D eigenvalue weighted by Crippen LogP contribution is -2.50. The van der Waals surface area contributed by atoms with Crippen molar-refractivity contribution in [3.05, 3.63) is 35.9 Å². The fraction of sp³-hybridized carbons (Fsp3) is 0.533. The van der Waals surface area contributed by atoms with Crippen molar-refractivity contribution in [1.29, 1.82) is 0 Å². The number of nitrogens with zero attached hydrogens (tertiary/aromatic N) is 1. The summed E-state index contributed by atoms with van der Waals surface area (Å²) >= 11 is 0. The number of carbonyl (C=O) groups is 1. The summed E-state index contributed by atoms with van der Waals surface area (Å²) in [5.41, 5.74) is 1.21. The number of ether oxygens (including phenoxy) is 1. The van der Waals surface area contributed by atoms with Gasteiger partial charge in [-0.2, -0.15) is 0 Å². The molecule has 1 aromatic rings. The van der Waals surface area contributed by atoms with Crippen LogP contribution in [0.25, 0.3) is 0 Å². The van der Waals surface area contributed by atoms with E-state index in [1.54, 1.807) is 4.90 Å². The Labute approximate surface area is 118 Å². The summed E-state index contributed by atoms with van der Waals surface area (Å²) in [7, 11) is 0. The van der Waals surface area contributed by atoms with Crippen LogP contribution in [0.2, 0.25) is 0 Å². The quantitative estimate of drug-likeness (QED) is 0.838. The molecule has 1 fully saturated rings. The van der Waals surface area contributed by atoms with Crippen LogP contribution in [0.3, 0.4) is 0 Å². The van der Waals surface area contributed by atoms with E-state index in [-0.39, 0.29) is 12.1 Å². The minimum absolute atomic E-state index is 0.0260. The van der Waals surface area contributed by atoms with Gasteiger partial charge < -0.3 is 15.0 Å². The van der Waals surface area contributed by atoms with E-state index in [4.69, 9.17) is 4.74 Å². The molecular formula is C15H21FN2O2. The second-order valence-corrected chi connectivity index (χ2v) is 4.90. The third kappa shape index (κ3) is 4.49. The third-order valence-electron chi connectivity index (χ3n) is 3.32. The molecule has 0 bridgehead atoms. The van der Waals surface area contributed by atoms with E-state index in [1.165, 1.54) is 5.56 Å². The lowest BCUT2D eigenvalue weighted by Gasteiger charge is -2.33. The highest BCUT2D eigenvalue weighted by Crippen LogP contribution is 2.11. The zero-order valence-electron chi connectivity index (χ0n) is 11.6. The topological polar surface area (TPSA) is 41.6 Å². The molecule has 0 radical (unpaired) electrons. The molecule has 1 unspecified atom stereocenters. The first-order valence-corrected chi connectivity index (χ1v) is 7.04. The average molecular weight is 280 g/mol. The zero-order chi connectivity index (χ0) is 14.2. The van der Waals surface area contributed by atoms with Crippen LogP contribution in [0, 0.1) is 0 Å². The average Bonchev–Trinajstić information content (AvgIpc) is 2.49. The lowest BCUT2D eigenvalue weighted by atomic mass is 10.1. The third-order valence-corrected chi connectivity index (χ3v) is 3.32. The molecule has 1 aliphatic heterocycles. The van der Waals surface area contributed by atoms with Gasteiger partial charge in [-0.15, -0.1) is 0 Å². The molecule has 0 aromatic heterocycles. The van der Waals surface area contributed by atoms with Crippen LogP contribution in [-0.2, 0) is 11.2 Å². The van der Waals surface area contributed by atoms with E-state index in [0.717, 1.165) is 6.42 Å². The van der Waals surface area contributed by atoms with Crippen LogP contribution in [-0.4, -0.2) is 50.0 Å². The largest absolute Gasteiger partial charge is 0.374 e. The monoisotopic (exact) mass is 280 g/mol. The summed E-state index contributed by atoms with van der Waals surface area (Å²) in [4.78, 5) is 13.7. The van der Waals surface area contributed by atoms with Crippen LogP contribution in [0.15, 0.2) is 30.3 Å².